The van der Waals surface area contributed by atoms with Crippen molar-refractivity contribution in [3.8, 4) is 0 Å². The van der Waals surface area contributed by atoms with Gasteiger partial charge in [-0.1, -0.05) is 6.07 Å². The van der Waals surface area contributed by atoms with Crippen LogP contribution >= 0.6 is 0 Å². The summed E-state index contributed by atoms with van der Waals surface area (Å²) in [5.41, 5.74) is -0.0205. The second-order valence-electron chi connectivity index (χ2n) is 4.15. The molecule has 8 heteroatoms. The Balaban J connectivity index is 2.26. The first-order chi connectivity index (χ1) is 9.79. The van der Waals surface area contributed by atoms with E-state index in [0.29, 0.717) is 6.07 Å². The molecule has 0 radical (unpaired) electrons. The van der Waals surface area contributed by atoms with Crippen LogP contribution in [0.25, 0.3) is 0 Å². The summed E-state index contributed by atoms with van der Waals surface area (Å²) in [4.78, 5) is -1.14. The highest BCUT2D eigenvalue weighted by molar-refractivity contribution is 7.89. The van der Waals surface area contributed by atoms with E-state index in [1.807, 2.05) is 4.72 Å². The van der Waals surface area contributed by atoms with E-state index in [9.17, 15) is 26.0 Å². The van der Waals surface area contributed by atoms with E-state index in [1.165, 1.54) is 0 Å². The molecule has 112 valence electrons. The molecule has 21 heavy (non-hydrogen) atoms. The zero-order chi connectivity index (χ0) is 15.6. The topological polar surface area (TPSA) is 46.2 Å². The van der Waals surface area contributed by atoms with Crippen LogP contribution in [0.5, 0.6) is 0 Å². The predicted molar refractivity (Wildman–Crippen MR) is 66.7 cm³/mol. The lowest BCUT2D eigenvalue weighted by Crippen LogP contribution is -2.25. The maximum Gasteiger partial charge on any atom is 0.246 e. The van der Waals surface area contributed by atoms with Gasteiger partial charge in [0.1, 0.15) is 23.3 Å². The number of halogens is 4. The second-order valence-corrected chi connectivity index (χ2v) is 5.86. The van der Waals surface area contributed by atoms with Gasteiger partial charge in [0.05, 0.1) is 0 Å². The Morgan fingerprint density at radius 1 is 0.905 bits per heavy atom. The van der Waals surface area contributed by atoms with E-state index in [0.717, 1.165) is 30.3 Å². The Morgan fingerprint density at radius 3 is 1.95 bits per heavy atom. The molecule has 0 fully saturated rings. The van der Waals surface area contributed by atoms with Crippen LogP contribution in [0, 0.1) is 23.3 Å². The molecule has 0 aliphatic rings. The van der Waals surface area contributed by atoms with Gasteiger partial charge in [-0.2, -0.15) is 0 Å². The number of benzene rings is 2. The lowest BCUT2D eigenvalue weighted by atomic mass is 10.2. The summed E-state index contributed by atoms with van der Waals surface area (Å²) in [5.74, 6) is -4.29. The fourth-order valence-corrected chi connectivity index (χ4v) is 2.85. The van der Waals surface area contributed by atoms with Gasteiger partial charge < -0.3 is 0 Å². The van der Waals surface area contributed by atoms with Crippen molar-refractivity contribution in [2.75, 3.05) is 0 Å². The highest BCUT2D eigenvalue weighted by Crippen LogP contribution is 2.18. The Kier molecular flexibility index (Phi) is 4.29. The highest BCUT2D eigenvalue weighted by atomic mass is 32.2. The van der Waals surface area contributed by atoms with Crippen molar-refractivity contribution in [1.29, 1.82) is 0 Å². The lowest BCUT2D eigenvalue weighted by molar-refractivity contribution is 0.513. The molecular weight excluding hydrogens is 310 g/mol. The van der Waals surface area contributed by atoms with E-state index in [2.05, 4.69) is 0 Å². The molecule has 0 aliphatic heterocycles. The summed E-state index contributed by atoms with van der Waals surface area (Å²) in [6, 6.07) is 5.03. The van der Waals surface area contributed by atoms with Crippen LogP contribution in [-0.2, 0) is 16.6 Å². The lowest BCUT2D eigenvalue weighted by Gasteiger charge is -2.09. The van der Waals surface area contributed by atoms with Crippen molar-refractivity contribution in [1.82, 2.24) is 4.72 Å². The van der Waals surface area contributed by atoms with Crippen LogP contribution < -0.4 is 4.72 Å². The highest BCUT2D eigenvalue weighted by Gasteiger charge is 2.23. The molecular formula is C13H9F4NO2S. The smallest absolute Gasteiger partial charge is 0.207 e. The summed E-state index contributed by atoms with van der Waals surface area (Å²) < 4.78 is 78.3. The standard InChI is InChI=1S/C13H9F4NO2S/c14-9-4-8(5-10(15)6-9)7-18-21(19,20)13-11(16)2-1-3-12(13)17/h1-6,18H,7H2. The molecule has 0 heterocycles. The van der Waals surface area contributed by atoms with Gasteiger partial charge in [-0.3, -0.25) is 0 Å². The minimum absolute atomic E-state index is 0.0205. The molecule has 0 aliphatic carbocycles. The van der Waals surface area contributed by atoms with Crippen LogP contribution in [-0.4, -0.2) is 8.42 Å². The first-order valence-electron chi connectivity index (χ1n) is 5.68. The van der Waals surface area contributed by atoms with Gasteiger partial charge in [0.2, 0.25) is 10.0 Å². The summed E-state index contributed by atoms with van der Waals surface area (Å²) in [6.45, 7) is -0.509. The van der Waals surface area contributed by atoms with Crippen molar-refractivity contribution in [3.05, 3.63) is 65.2 Å². The summed E-state index contributed by atoms with van der Waals surface area (Å²) >= 11 is 0. The summed E-state index contributed by atoms with van der Waals surface area (Å²) in [5, 5.41) is 0. The second kappa shape index (κ2) is 5.82. The van der Waals surface area contributed by atoms with Crippen molar-refractivity contribution in [2.24, 2.45) is 0 Å². The molecule has 2 aromatic carbocycles. The molecule has 0 unspecified atom stereocenters. The van der Waals surface area contributed by atoms with Crippen LogP contribution in [0.2, 0.25) is 0 Å². The Bertz CT molecular complexity index is 737. The molecule has 2 rings (SSSR count). The number of hydrogen-bond acceptors (Lipinski definition) is 2. The molecule has 1 N–H and O–H groups in total. The maximum atomic E-state index is 13.4. The third-order valence-electron chi connectivity index (χ3n) is 2.58. The third-order valence-corrected chi connectivity index (χ3v) is 4.03. The fraction of sp³-hybridized carbons (Fsp3) is 0.0769. The van der Waals surface area contributed by atoms with E-state index in [1.54, 1.807) is 0 Å². The molecule has 0 atom stereocenters. The normalized spacial score (nSPS) is 11.6. The monoisotopic (exact) mass is 319 g/mol. The van der Waals surface area contributed by atoms with Gasteiger partial charge in [-0.15, -0.1) is 0 Å². The minimum Gasteiger partial charge on any atom is -0.207 e. The molecule has 0 aromatic heterocycles. The largest absolute Gasteiger partial charge is 0.246 e. The number of rotatable bonds is 4. The Hall–Kier alpha value is -1.93. The van der Waals surface area contributed by atoms with Crippen molar-refractivity contribution >= 4 is 10.0 Å². The minimum atomic E-state index is -4.49. The van der Waals surface area contributed by atoms with Crippen molar-refractivity contribution in [2.45, 2.75) is 11.4 Å². The fourth-order valence-electron chi connectivity index (χ4n) is 1.70. The van der Waals surface area contributed by atoms with E-state index in [-0.39, 0.29) is 5.56 Å². The third kappa shape index (κ3) is 3.59. The van der Waals surface area contributed by atoms with Gasteiger partial charge in [-0.05, 0) is 29.8 Å². The van der Waals surface area contributed by atoms with Crippen LogP contribution in [0.4, 0.5) is 17.6 Å². The SMILES string of the molecule is O=S(=O)(NCc1cc(F)cc(F)c1)c1c(F)cccc1F. The number of sulfonamides is 1. The van der Waals surface area contributed by atoms with E-state index in [4.69, 9.17) is 0 Å². The molecule has 0 bridgehead atoms. The van der Waals surface area contributed by atoms with E-state index >= 15 is 0 Å². The number of hydrogen-bond donors (Lipinski definition) is 1. The number of nitrogens with one attached hydrogen (secondary N) is 1. The average molecular weight is 319 g/mol. The van der Waals surface area contributed by atoms with Gasteiger partial charge >= 0.3 is 0 Å². The Morgan fingerprint density at radius 2 is 1.43 bits per heavy atom. The molecule has 0 spiro atoms. The van der Waals surface area contributed by atoms with Gasteiger partial charge in [0.25, 0.3) is 0 Å². The maximum absolute atomic E-state index is 13.4. The Labute approximate surface area is 118 Å². The first kappa shape index (κ1) is 15.5. The van der Waals surface area contributed by atoms with Crippen LogP contribution in [0.15, 0.2) is 41.3 Å². The first-order valence-corrected chi connectivity index (χ1v) is 7.16. The summed E-state index contributed by atoms with van der Waals surface area (Å²) in [7, 11) is -4.49. The quantitative estimate of drug-likeness (QED) is 0.881. The zero-order valence-corrected chi connectivity index (χ0v) is 11.2. The average Bonchev–Trinajstić information content (AvgIpc) is 2.35. The van der Waals surface area contributed by atoms with Gasteiger partial charge in [0.15, 0.2) is 4.90 Å². The molecule has 3 nitrogen and oxygen atoms in total. The predicted octanol–water partition coefficient (Wildman–Crippen LogP) is 2.72. The summed E-state index contributed by atoms with van der Waals surface area (Å²) in [6.07, 6.45) is 0. The van der Waals surface area contributed by atoms with Gasteiger partial charge in [-0.25, -0.2) is 30.7 Å². The molecule has 0 amide bonds. The zero-order valence-electron chi connectivity index (χ0n) is 10.4. The van der Waals surface area contributed by atoms with Crippen molar-refractivity contribution < 1.29 is 26.0 Å². The molecule has 0 saturated carbocycles. The molecule has 2 aromatic rings. The van der Waals surface area contributed by atoms with Gasteiger partial charge in [0, 0.05) is 12.6 Å². The van der Waals surface area contributed by atoms with Crippen LogP contribution in [0.1, 0.15) is 5.56 Å². The van der Waals surface area contributed by atoms with Crippen molar-refractivity contribution in [3.63, 3.8) is 0 Å². The van der Waals surface area contributed by atoms with Crippen LogP contribution in [0.3, 0.4) is 0 Å². The molecule has 0 saturated heterocycles. The van der Waals surface area contributed by atoms with E-state index < -0.39 is 44.7 Å².